The fourth-order valence-electron chi connectivity index (χ4n) is 0.969. The number of rotatable bonds is 1. The molecular weight excluding hydrogens is 144 g/mol. The zero-order valence-electron chi connectivity index (χ0n) is 6.87. The first-order valence-corrected chi connectivity index (χ1v) is 3.26. The number of aryl methyl sites for hydroxylation is 2. The van der Waals surface area contributed by atoms with Crippen molar-refractivity contribution in [3.8, 4) is 0 Å². The van der Waals surface area contributed by atoms with E-state index in [1.165, 1.54) is 7.11 Å². The van der Waals surface area contributed by atoms with Crippen LogP contribution >= 0.6 is 0 Å². The number of carbonyl (C=O) groups is 1. The van der Waals surface area contributed by atoms with Crippen LogP contribution < -0.4 is 4.57 Å². The maximum Gasteiger partial charge on any atom is 0.421 e. The van der Waals surface area contributed by atoms with Gasteiger partial charge in [-0.3, -0.25) is 0 Å². The van der Waals surface area contributed by atoms with E-state index in [9.17, 15) is 4.79 Å². The first-order valence-electron chi connectivity index (χ1n) is 3.26. The largest absolute Gasteiger partial charge is 0.460 e. The summed E-state index contributed by atoms with van der Waals surface area (Å²) in [6.07, 6.45) is 3.60. The van der Waals surface area contributed by atoms with Crippen molar-refractivity contribution in [1.29, 1.82) is 0 Å². The lowest BCUT2D eigenvalue weighted by atomic mass is 10.6. The van der Waals surface area contributed by atoms with Crippen LogP contribution in [0.4, 0.5) is 0 Å². The van der Waals surface area contributed by atoms with Gasteiger partial charge in [0, 0.05) is 0 Å². The maximum absolute atomic E-state index is 11.1. The molecule has 60 valence electrons. The number of hydrogen-bond acceptors (Lipinski definition) is 2. The predicted molar refractivity (Wildman–Crippen MR) is 37.9 cm³/mol. The third-order valence-corrected chi connectivity index (χ3v) is 1.55. The van der Waals surface area contributed by atoms with Crippen LogP contribution in [0, 0.1) is 0 Å². The first-order chi connectivity index (χ1) is 5.16. The fraction of sp³-hybridized carbons (Fsp3) is 0.429. The highest BCUT2D eigenvalue weighted by molar-refractivity contribution is 5.83. The molecule has 0 bridgehead atoms. The average molecular weight is 155 g/mol. The quantitative estimate of drug-likeness (QED) is 0.410. The van der Waals surface area contributed by atoms with Gasteiger partial charge in [-0.15, -0.1) is 0 Å². The Morgan fingerprint density at radius 1 is 1.73 bits per heavy atom. The first kappa shape index (κ1) is 7.78. The Morgan fingerprint density at radius 2 is 2.36 bits per heavy atom. The monoisotopic (exact) mass is 155 g/mol. The Bertz CT molecular complexity index is 258. The van der Waals surface area contributed by atoms with Gasteiger partial charge in [0.1, 0.15) is 12.4 Å². The van der Waals surface area contributed by atoms with Gasteiger partial charge < -0.3 is 4.74 Å². The molecular formula is C7H11N2O2+. The molecule has 0 N–H and O–H groups in total. The molecule has 0 aliphatic carbocycles. The van der Waals surface area contributed by atoms with Gasteiger partial charge in [-0.25, -0.2) is 13.9 Å². The van der Waals surface area contributed by atoms with E-state index in [-0.39, 0.29) is 5.97 Å². The Hall–Kier alpha value is -1.32. The zero-order valence-corrected chi connectivity index (χ0v) is 6.87. The molecule has 4 nitrogen and oxygen atoms in total. The topological polar surface area (TPSA) is 35.1 Å². The van der Waals surface area contributed by atoms with Crippen LogP contribution in [-0.4, -0.2) is 17.6 Å². The predicted octanol–water partition coefficient (Wildman–Crippen LogP) is -0.364. The second kappa shape index (κ2) is 2.74. The van der Waals surface area contributed by atoms with E-state index >= 15 is 0 Å². The van der Waals surface area contributed by atoms with Crippen molar-refractivity contribution in [2.75, 3.05) is 7.11 Å². The second-order valence-electron chi connectivity index (χ2n) is 2.34. The minimum absolute atomic E-state index is 0.319. The lowest BCUT2D eigenvalue weighted by Crippen LogP contribution is -2.35. The van der Waals surface area contributed by atoms with Crippen LogP contribution in [0.1, 0.15) is 10.6 Å². The molecule has 0 aromatic carbocycles. The summed E-state index contributed by atoms with van der Waals surface area (Å²) in [5.41, 5.74) is 0. The summed E-state index contributed by atoms with van der Waals surface area (Å²) in [5, 5.41) is 0. The van der Waals surface area contributed by atoms with Gasteiger partial charge in [0.2, 0.25) is 0 Å². The molecule has 0 saturated carbocycles. The standard InChI is InChI=1S/C7H11N2O2/c1-8-4-5-9(2)6(8)7(10)11-3/h4-5H,1-3H3/q+1. The molecule has 0 saturated heterocycles. The molecule has 0 aliphatic rings. The van der Waals surface area contributed by atoms with E-state index < -0.39 is 0 Å². The number of methoxy groups -OCH3 is 1. The average Bonchev–Trinajstić information content (AvgIpc) is 2.30. The minimum atomic E-state index is -0.319. The summed E-state index contributed by atoms with van der Waals surface area (Å²) >= 11 is 0. The van der Waals surface area contributed by atoms with Crippen LogP contribution in [0.15, 0.2) is 12.4 Å². The summed E-state index contributed by atoms with van der Waals surface area (Å²) in [7, 11) is 4.97. The molecule has 0 amide bonds. The lowest BCUT2D eigenvalue weighted by molar-refractivity contribution is -0.673. The molecule has 0 fully saturated rings. The van der Waals surface area contributed by atoms with Crippen molar-refractivity contribution < 1.29 is 14.1 Å². The summed E-state index contributed by atoms with van der Waals surface area (Å²) in [6, 6.07) is 0. The Labute approximate surface area is 65.0 Å². The SMILES string of the molecule is COC(=O)c1n(C)cc[n+]1C. The number of ether oxygens (including phenoxy) is 1. The van der Waals surface area contributed by atoms with E-state index in [2.05, 4.69) is 4.74 Å². The van der Waals surface area contributed by atoms with E-state index in [4.69, 9.17) is 0 Å². The highest BCUT2D eigenvalue weighted by Crippen LogP contribution is 1.92. The Balaban J connectivity index is 3.10. The van der Waals surface area contributed by atoms with E-state index in [0.29, 0.717) is 5.82 Å². The van der Waals surface area contributed by atoms with Gasteiger partial charge in [-0.2, -0.15) is 0 Å². The summed E-state index contributed by atoms with van der Waals surface area (Å²) in [4.78, 5) is 11.1. The minimum Gasteiger partial charge on any atom is -0.460 e. The summed E-state index contributed by atoms with van der Waals surface area (Å²) < 4.78 is 8.00. The third kappa shape index (κ3) is 1.24. The van der Waals surface area contributed by atoms with Crippen molar-refractivity contribution >= 4 is 5.97 Å². The number of hydrogen-bond donors (Lipinski definition) is 0. The molecule has 1 rings (SSSR count). The second-order valence-corrected chi connectivity index (χ2v) is 2.34. The van der Waals surface area contributed by atoms with Gasteiger partial charge in [0.15, 0.2) is 0 Å². The molecule has 0 radical (unpaired) electrons. The number of esters is 1. The zero-order chi connectivity index (χ0) is 8.43. The van der Waals surface area contributed by atoms with Crippen LogP contribution in [0.3, 0.4) is 0 Å². The van der Waals surface area contributed by atoms with Crippen molar-refractivity contribution in [2.45, 2.75) is 0 Å². The van der Waals surface area contributed by atoms with Crippen LogP contribution in [0.25, 0.3) is 0 Å². The van der Waals surface area contributed by atoms with Gasteiger partial charge >= 0.3 is 11.8 Å². The highest BCUT2D eigenvalue weighted by Gasteiger charge is 2.21. The number of imidazole rings is 1. The molecule has 0 aliphatic heterocycles. The summed E-state index contributed by atoms with van der Waals surface area (Å²) in [5.74, 6) is 0.215. The van der Waals surface area contributed by atoms with Crippen molar-refractivity contribution in [2.24, 2.45) is 14.1 Å². The number of aromatic nitrogens is 2. The smallest absolute Gasteiger partial charge is 0.421 e. The molecule has 1 aromatic heterocycles. The Morgan fingerprint density at radius 3 is 2.73 bits per heavy atom. The van der Waals surface area contributed by atoms with Gasteiger partial charge in [0.05, 0.1) is 21.2 Å². The third-order valence-electron chi connectivity index (χ3n) is 1.55. The van der Waals surface area contributed by atoms with Crippen molar-refractivity contribution in [3.05, 3.63) is 18.2 Å². The summed E-state index contributed by atoms with van der Waals surface area (Å²) in [6.45, 7) is 0. The van der Waals surface area contributed by atoms with Gasteiger partial charge in [0.25, 0.3) is 0 Å². The molecule has 1 aromatic rings. The van der Waals surface area contributed by atoms with Gasteiger partial charge in [-0.05, 0) is 0 Å². The maximum atomic E-state index is 11.1. The molecule has 0 atom stereocenters. The van der Waals surface area contributed by atoms with Crippen LogP contribution in [0.2, 0.25) is 0 Å². The normalized spacial score (nSPS) is 9.73. The fourth-order valence-corrected chi connectivity index (χ4v) is 0.969. The molecule has 0 unspecified atom stereocenters. The van der Waals surface area contributed by atoms with E-state index in [0.717, 1.165) is 0 Å². The van der Waals surface area contributed by atoms with E-state index in [1.807, 2.05) is 0 Å². The van der Waals surface area contributed by atoms with Crippen LogP contribution in [0.5, 0.6) is 0 Å². The number of nitrogens with zero attached hydrogens (tertiary/aromatic N) is 2. The highest BCUT2D eigenvalue weighted by atomic mass is 16.5. The number of carbonyl (C=O) groups excluding carboxylic acids is 1. The van der Waals surface area contributed by atoms with Crippen molar-refractivity contribution in [3.63, 3.8) is 0 Å². The van der Waals surface area contributed by atoms with Gasteiger partial charge in [-0.1, -0.05) is 0 Å². The Kier molecular flexibility index (Phi) is 1.94. The van der Waals surface area contributed by atoms with Crippen molar-refractivity contribution in [1.82, 2.24) is 4.57 Å². The molecule has 1 heterocycles. The lowest BCUT2D eigenvalue weighted by Gasteiger charge is -1.94. The van der Waals surface area contributed by atoms with Crippen LogP contribution in [-0.2, 0) is 18.8 Å². The molecule has 0 spiro atoms. The molecule has 4 heteroatoms. The van der Waals surface area contributed by atoms with E-state index in [1.54, 1.807) is 35.6 Å². The molecule has 11 heavy (non-hydrogen) atoms.